The second kappa shape index (κ2) is 12.2. The Kier molecular flexibility index (Phi) is 8.68. The number of fused-ring (bicyclic) bond motifs is 2. The van der Waals surface area contributed by atoms with E-state index in [9.17, 15) is 14.4 Å². The molecular formula is C31H35N5O4. The predicted molar refractivity (Wildman–Crippen MR) is 156 cm³/mol. The third-order valence-electron chi connectivity index (χ3n) is 6.67. The first-order chi connectivity index (χ1) is 19.1. The maximum atomic E-state index is 13.1. The largest absolute Gasteiger partial charge is 0.444 e. The van der Waals surface area contributed by atoms with Gasteiger partial charge in [-0.15, -0.1) is 0 Å². The Morgan fingerprint density at radius 3 is 1.68 bits per heavy atom. The van der Waals surface area contributed by atoms with E-state index in [1.165, 1.54) is 0 Å². The number of rotatable bonds is 10. The number of aromatic nitrogens is 2. The van der Waals surface area contributed by atoms with Gasteiger partial charge in [0.2, 0.25) is 12.2 Å². The first-order valence-electron chi connectivity index (χ1n) is 13.4. The van der Waals surface area contributed by atoms with Gasteiger partial charge in [-0.05, 0) is 71.7 Å². The molecule has 2 aromatic carbocycles. The summed E-state index contributed by atoms with van der Waals surface area (Å²) in [5, 5.41) is 1.81. The zero-order chi connectivity index (χ0) is 28.9. The van der Waals surface area contributed by atoms with E-state index in [1.54, 1.807) is 17.1 Å². The molecule has 0 saturated carbocycles. The number of carbonyl (C=O) groups is 1. The lowest BCUT2D eigenvalue weighted by Gasteiger charge is -2.27. The maximum Gasteiger partial charge on any atom is 0.410 e. The number of amides is 1. The summed E-state index contributed by atoms with van der Waals surface area (Å²) in [5.74, 6) is 0. The molecule has 4 rings (SSSR count). The van der Waals surface area contributed by atoms with Crippen LogP contribution in [0.15, 0.2) is 58.8 Å². The van der Waals surface area contributed by atoms with Crippen molar-refractivity contribution in [1.82, 2.24) is 14.0 Å². The standard InChI is InChI=1S/C31H35N5O4/c1-22-8-10-28-24(16-22)26(32-20-37)18-35(28)14-6-12-34(30(39)40-31(3,4)5)13-7-15-36-19-27(33-21-38)25-17-23(2)9-11-29(25)36/h8-11,16-19H,6-7,12-15H2,1-5H3. The number of ether oxygens (including phenoxy) is 1. The number of nitrogens with zero attached hydrogens (tertiary/aromatic N) is 5. The molecule has 40 heavy (non-hydrogen) atoms. The lowest BCUT2D eigenvalue weighted by molar-refractivity contribution is 0.0242. The van der Waals surface area contributed by atoms with E-state index in [-0.39, 0.29) is 6.09 Å². The monoisotopic (exact) mass is 541 g/mol. The van der Waals surface area contributed by atoms with Crippen molar-refractivity contribution in [2.45, 2.75) is 66.2 Å². The molecule has 208 valence electrons. The highest BCUT2D eigenvalue weighted by Gasteiger charge is 2.22. The van der Waals surface area contributed by atoms with Crippen LogP contribution in [0.1, 0.15) is 44.7 Å². The fourth-order valence-electron chi connectivity index (χ4n) is 4.92. The van der Waals surface area contributed by atoms with Gasteiger partial charge in [0.1, 0.15) is 17.0 Å². The van der Waals surface area contributed by atoms with Gasteiger partial charge in [-0.2, -0.15) is 9.98 Å². The second-order valence-corrected chi connectivity index (χ2v) is 11.0. The van der Waals surface area contributed by atoms with Gasteiger partial charge in [-0.1, -0.05) is 23.3 Å². The van der Waals surface area contributed by atoms with E-state index in [4.69, 9.17) is 4.74 Å². The Morgan fingerprint density at radius 2 is 1.27 bits per heavy atom. The van der Waals surface area contributed by atoms with Crippen molar-refractivity contribution in [3.8, 4) is 0 Å². The molecule has 0 spiro atoms. The SMILES string of the molecule is Cc1ccc2c(c1)c(N=C=O)cn2CCCN(CCCn1cc(N=C=O)c2cc(C)ccc21)C(=O)OC(C)(C)C. The first kappa shape index (κ1) is 28.6. The Labute approximate surface area is 233 Å². The van der Waals surface area contributed by atoms with Crippen molar-refractivity contribution in [3.05, 3.63) is 59.9 Å². The third kappa shape index (κ3) is 6.75. The molecule has 9 heteroatoms. The zero-order valence-electron chi connectivity index (χ0n) is 23.7. The lowest BCUT2D eigenvalue weighted by Crippen LogP contribution is -2.38. The molecule has 1 amide bonds. The Balaban J connectivity index is 1.47. The predicted octanol–water partition coefficient (Wildman–Crippen LogP) is 6.86. The molecule has 0 unspecified atom stereocenters. The van der Waals surface area contributed by atoms with Crippen molar-refractivity contribution < 1.29 is 19.1 Å². The van der Waals surface area contributed by atoms with Crippen molar-refractivity contribution in [1.29, 1.82) is 0 Å². The summed E-state index contributed by atoms with van der Waals surface area (Å²) < 4.78 is 9.82. The van der Waals surface area contributed by atoms with Crippen molar-refractivity contribution in [3.63, 3.8) is 0 Å². The highest BCUT2D eigenvalue weighted by atomic mass is 16.6. The van der Waals surface area contributed by atoms with Crippen LogP contribution in [0.2, 0.25) is 0 Å². The molecule has 9 nitrogen and oxygen atoms in total. The van der Waals surface area contributed by atoms with E-state index in [0.29, 0.717) is 50.4 Å². The molecular weight excluding hydrogens is 506 g/mol. The van der Waals surface area contributed by atoms with Crippen LogP contribution in [0.4, 0.5) is 16.2 Å². The molecule has 4 aromatic rings. The van der Waals surface area contributed by atoms with E-state index >= 15 is 0 Å². The number of benzene rings is 2. The van der Waals surface area contributed by atoms with Gasteiger partial charge in [0.05, 0.1) is 11.0 Å². The highest BCUT2D eigenvalue weighted by Crippen LogP contribution is 2.30. The second-order valence-electron chi connectivity index (χ2n) is 11.0. The molecule has 0 bridgehead atoms. The molecule has 2 aromatic heterocycles. The van der Waals surface area contributed by atoms with Gasteiger partial charge in [0, 0.05) is 49.3 Å². The van der Waals surface area contributed by atoms with Crippen LogP contribution in [-0.4, -0.2) is 51.0 Å². The average molecular weight is 542 g/mol. The first-order valence-corrected chi connectivity index (χ1v) is 13.4. The Bertz CT molecular complexity index is 1520. The van der Waals surface area contributed by atoms with E-state index in [2.05, 4.69) is 19.1 Å². The van der Waals surface area contributed by atoms with Crippen LogP contribution >= 0.6 is 0 Å². The van der Waals surface area contributed by atoms with Gasteiger partial charge in [-0.3, -0.25) is 0 Å². The van der Waals surface area contributed by atoms with Crippen LogP contribution in [0, 0.1) is 13.8 Å². The van der Waals surface area contributed by atoms with Gasteiger partial charge >= 0.3 is 6.09 Å². The molecule has 0 N–H and O–H groups in total. The quantitative estimate of drug-likeness (QED) is 0.162. The molecule has 2 heterocycles. The zero-order valence-corrected chi connectivity index (χ0v) is 23.7. The van der Waals surface area contributed by atoms with Crippen molar-refractivity contribution >= 4 is 51.4 Å². The molecule has 0 atom stereocenters. The molecule has 0 aliphatic carbocycles. The van der Waals surface area contributed by atoms with E-state index < -0.39 is 5.60 Å². The maximum absolute atomic E-state index is 13.1. The summed E-state index contributed by atoms with van der Waals surface area (Å²) >= 11 is 0. The highest BCUT2D eigenvalue weighted by molar-refractivity contribution is 5.93. The van der Waals surface area contributed by atoms with E-state index in [1.807, 2.05) is 83.4 Å². The number of hydrogen-bond acceptors (Lipinski definition) is 6. The summed E-state index contributed by atoms with van der Waals surface area (Å²) in [5.41, 5.74) is 4.69. The Morgan fingerprint density at radius 1 is 0.825 bits per heavy atom. The summed E-state index contributed by atoms with van der Waals surface area (Å²) in [6.07, 6.45) is 8.01. The molecule has 0 aliphatic rings. The van der Waals surface area contributed by atoms with Gasteiger partial charge in [0.15, 0.2) is 0 Å². The number of hydrogen-bond donors (Lipinski definition) is 0. The minimum atomic E-state index is -0.609. The van der Waals surface area contributed by atoms with Crippen LogP contribution in [0.25, 0.3) is 21.8 Å². The third-order valence-corrected chi connectivity index (χ3v) is 6.67. The fourth-order valence-corrected chi connectivity index (χ4v) is 4.92. The molecule has 0 fully saturated rings. The number of aryl methyl sites for hydroxylation is 4. The van der Waals surface area contributed by atoms with Crippen molar-refractivity contribution in [2.24, 2.45) is 9.98 Å². The molecule has 0 saturated heterocycles. The Hall–Kier alpha value is -4.45. The topological polar surface area (TPSA) is 98.3 Å². The molecule has 0 aliphatic heterocycles. The van der Waals surface area contributed by atoms with Crippen LogP contribution in [0.3, 0.4) is 0 Å². The number of aliphatic imine (C=N–C) groups is 2. The van der Waals surface area contributed by atoms with Gasteiger partial charge < -0.3 is 18.8 Å². The number of isocyanates is 2. The number of carbonyl (C=O) groups excluding carboxylic acids is 3. The normalized spacial score (nSPS) is 11.3. The summed E-state index contributed by atoms with van der Waals surface area (Å²) in [6.45, 7) is 11.8. The summed E-state index contributed by atoms with van der Waals surface area (Å²) in [4.78, 5) is 44.5. The fraction of sp³-hybridized carbons (Fsp3) is 0.387. The minimum Gasteiger partial charge on any atom is -0.444 e. The molecule has 0 radical (unpaired) electrons. The van der Waals surface area contributed by atoms with Gasteiger partial charge in [-0.25, -0.2) is 14.4 Å². The summed E-state index contributed by atoms with van der Waals surface area (Å²) in [6, 6.07) is 12.1. The van der Waals surface area contributed by atoms with Crippen LogP contribution in [0.5, 0.6) is 0 Å². The van der Waals surface area contributed by atoms with Crippen LogP contribution in [-0.2, 0) is 27.4 Å². The van der Waals surface area contributed by atoms with Crippen molar-refractivity contribution in [2.75, 3.05) is 13.1 Å². The average Bonchev–Trinajstić information content (AvgIpc) is 3.39. The smallest absolute Gasteiger partial charge is 0.410 e. The summed E-state index contributed by atoms with van der Waals surface area (Å²) in [7, 11) is 0. The minimum absolute atomic E-state index is 0.356. The lowest BCUT2D eigenvalue weighted by atomic mass is 10.1. The van der Waals surface area contributed by atoms with E-state index in [0.717, 1.165) is 32.9 Å². The van der Waals surface area contributed by atoms with Crippen LogP contribution < -0.4 is 0 Å². The van der Waals surface area contributed by atoms with Gasteiger partial charge in [0.25, 0.3) is 0 Å².